The molecular weight excluding hydrogens is 331 g/mol. The molecule has 0 saturated carbocycles. The van der Waals surface area contributed by atoms with E-state index in [1.54, 1.807) is 28.9 Å². The molecule has 0 amide bonds. The second-order valence-corrected chi connectivity index (χ2v) is 6.42. The van der Waals surface area contributed by atoms with Gasteiger partial charge >= 0.3 is 5.97 Å². The van der Waals surface area contributed by atoms with Gasteiger partial charge in [0.15, 0.2) is 0 Å². The number of halogens is 2. The average Bonchev–Trinajstić information content (AvgIpc) is 2.96. The summed E-state index contributed by atoms with van der Waals surface area (Å²) in [5, 5.41) is 15.5. The lowest BCUT2D eigenvalue weighted by Crippen LogP contribution is -2.02. The number of aromatic carboxylic acids is 1. The van der Waals surface area contributed by atoms with E-state index in [0.29, 0.717) is 21.5 Å². The van der Waals surface area contributed by atoms with Crippen LogP contribution in [0.3, 0.4) is 0 Å². The number of rotatable bonds is 3. The van der Waals surface area contributed by atoms with Crippen molar-refractivity contribution in [2.24, 2.45) is 0 Å². The quantitative estimate of drug-likeness (QED) is 0.765. The van der Waals surface area contributed by atoms with Crippen LogP contribution < -0.4 is 0 Å². The topological polar surface area (TPSA) is 55.1 Å². The van der Waals surface area contributed by atoms with Gasteiger partial charge in [-0.05, 0) is 25.1 Å². The molecule has 0 spiro atoms. The summed E-state index contributed by atoms with van der Waals surface area (Å²) < 4.78 is 1.74. The number of aryl methyl sites for hydroxylation is 1. The van der Waals surface area contributed by atoms with Crippen molar-refractivity contribution in [3.63, 3.8) is 0 Å². The molecule has 1 N–H and O–H groups in total. The van der Waals surface area contributed by atoms with Gasteiger partial charge in [0.1, 0.15) is 9.71 Å². The van der Waals surface area contributed by atoms with Crippen molar-refractivity contribution >= 4 is 50.7 Å². The van der Waals surface area contributed by atoms with Crippen molar-refractivity contribution < 1.29 is 9.90 Å². The van der Waals surface area contributed by atoms with Gasteiger partial charge < -0.3 is 5.11 Å². The molecule has 3 rings (SSSR count). The molecule has 2 heterocycles. The van der Waals surface area contributed by atoms with E-state index < -0.39 is 5.97 Å². The molecule has 0 aliphatic carbocycles. The highest BCUT2D eigenvalue weighted by atomic mass is 35.5. The number of carboxylic acid groups (broad SMARTS) is 1. The van der Waals surface area contributed by atoms with Gasteiger partial charge in [0.25, 0.3) is 0 Å². The molecule has 0 fully saturated rings. The van der Waals surface area contributed by atoms with Crippen molar-refractivity contribution in [3.05, 3.63) is 50.4 Å². The summed E-state index contributed by atoms with van der Waals surface area (Å²) >= 11 is 13.6. The van der Waals surface area contributed by atoms with E-state index in [1.807, 2.05) is 6.92 Å². The molecule has 2 aromatic heterocycles. The Morgan fingerprint density at radius 3 is 2.67 bits per heavy atom. The monoisotopic (exact) mass is 340 g/mol. The fourth-order valence-corrected chi connectivity index (χ4v) is 3.68. The standard InChI is InChI=1S/C14H10Cl2N2O2S/c1-7-8-5-12(14(19)20)21-13(8)18(17-7)6-9-10(15)3-2-4-11(9)16/h2-5H,6H2,1H3,(H,19,20). The number of carbonyl (C=O) groups is 1. The first-order chi connectivity index (χ1) is 9.97. The Kier molecular flexibility index (Phi) is 3.65. The van der Waals surface area contributed by atoms with E-state index in [1.165, 1.54) is 11.3 Å². The normalized spacial score (nSPS) is 11.2. The molecule has 0 atom stereocenters. The fourth-order valence-electron chi connectivity index (χ4n) is 2.16. The lowest BCUT2D eigenvalue weighted by Gasteiger charge is -2.07. The highest BCUT2D eigenvalue weighted by molar-refractivity contribution is 7.20. The van der Waals surface area contributed by atoms with E-state index in [2.05, 4.69) is 5.10 Å². The summed E-state index contributed by atoms with van der Waals surface area (Å²) in [7, 11) is 0. The summed E-state index contributed by atoms with van der Waals surface area (Å²) in [5.41, 5.74) is 1.56. The first-order valence-corrected chi connectivity index (χ1v) is 7.67. The zero-order valence-corrected chi connectivity index (χ0v) is 13.3. The Morgan fingerprint density at radius 1 is 1.38 bits per heavy atom. The predicted octanol–water partition coefficient (Wildman–Crippen LogP) is 4.46. The minimum absolute atomic E-state index is 0.296. The fraction of sp³-hybridized carbons (Fsp3) is 0.143. The summed E-state index contributed by atoms with van der Waals surface area (Å²) in [6, 6.07) is 6.97. The third kappa shape index (κ3) is 2.52. The Bertz CT molecular complexity index is 834. The zero-order valence-electron chi connectivity index (χ0n) is 10.9. The zero-order chi connectivity index (χ0) is 15.1. The third-order valence-electron chi connectivity index (χ3n) is 3.19. The Balaban J connectivity index is 2.10. The largest absolute Gasteiger partial charge is 0.477 e. The average molecular weight is 341 g/mol. The van der Waals surface area contributed by atoms with Crippen molar-refractivity contribution in [2.75, 3.05) is 0 Å². The first-order valence-electron chi connectivity index (χ1n) is 6.10. The molecule has 7 heteroatoms. The minimum Gasteiger partial charge on any atom is -0.477 e. The molecule has 0 unspecified atom stereocenters. The molecule has 1 aromatic carbocycles. The van der Waals surface area contributed by atoms with Crippen LogP contribution in [0.5, 0.6) is 0 Å². The van der Waals surface area contributed by atoms with Crippen molar-refractivity contribution in [3.8, 4) is 0 Å². The Labute approximate surface area is 134 Å². The lowest BCUT2D eigenvalue weighted by molar-refractivity contribution is 0.0702. The number of benzene rings is 1. The van der Waals surface area contributed by atoms with Crippen LogP contribution in [0, 0.1) is 6.92 Å². The van der Waals surface area contributed by atoms with E-state index in [-0.39, 0.29) is 0 Å². The molecule has 3 aromatic rings. The second-order valence-electron chi connectivity index (χ2n) is 4.58. The predicted molar refractivity (Wildman–Crippen MR) is 84.9 cm³/mol. The first kappa shape index (κ1) is 14.4. The SMILES string of the molecule is Cc1nn(Cc2c(Cl)cccc2Cl)c2sc(C(=O)O)cc12. The van der Waals surface area contributed by atoms with Gasteiger partial charge in [-0.1, -0.05) is 29.3 Å². The van der Waals surface area contributed by atoms with E-state index in [9.17, 15) is 4.79 Å². The Hall–Kier alpha value is -1.56. The number of aromatic nitrogens is 2. The van der Waals surface area contributed by atoms with Gasteiger partial charge in [-0.3, -0.25) is 0 Å². The number of thiophene rings is 1. The van der Waals surface area contributed by atoms with Crippen LogP contribution in [-0.4, -0.2) is 20.9 Å². The summed E-state index contributed by atoms with van der Waals surface area (Å²) in [6.45, 7) is 2.26. The molecule has 0 bridgehead atoms. The molecule has 0 radical (unpaired) electrons. The highest BCUT2D eigenvalue weighted by Crippen LogP contribution is 2.31. The van der Waals surface area contributed by atoms with Crippen LogP contribution in [0.15, 0.2) is 24.3 Å². The third-order valence-corrected chi connectivity index (χ3v) is 5.03. The molecule has 0 aliphatic rings. The maximum atomic E-state index is 11.1. The molecule has 108 valence electrons. The van der Waals surface area contributed by atoms with Crippen LogP contribution >= 0.6 is 34.5 Å². The van der Waals surface area contributed by atoms with Gasteiger partial charge in [-0.25, -0.2) is 9.48 Å². The minimum atomic E-state index is -0.932. The molecule has 0 aliphatic heterocycles. The van der Waals surface area contributed by atoms with Crippen LogP contribution in [0.4, 0.5) is 0 Å². The van der Waals surface area contributed by atoms with Crippen molar-refractivity contribution in [1.82, 2.24) is 9.78 Å². The summed E-state index contributed by atoms with van der Waals surface area (Å²) in [5.74, 6) is -0.932. The summed E-state index contributed by atoms with van der Waals surface area (Å²) in [6.07, 6.45) is 0. The van der Waals surface area contributed by atoms with Gasteiger partial charge in [0, 0.05) is 21.0 Å². The second kappa shape index (κ2) is 5.33. The number of hydrogen-bond donors (Lipinski definition) is 1. The van der Waals surface area contributed by atoms with Crippen molar-refractivity contribution in [2.45, 2.75) is 13.5 Å². The lowest BCUT2D eigenvalue weighted by atomic mass is 10.2. The maximum Gasteiger partial charge on any atom is 0.345 e. The molecule has 21 heavy (non-hydrogen) atoms. The van der Waals surface area contributed by atoms with E-state index in [0.717, 1.165) is 21.5 Å². The van der Waals surface area contributed by atoms with E-state index >= 15 is 0 Å². The smallest absolute Gasteiger partial charge is 0.345 e. The highest BCUT2D eigenvalue weighted by Gasteiger charge is 2.17. The number of nitrogens with zero attached hydrogens (tertiary/aromatic N) is 2. The number of fused-ring (bicyclic) bond motifs is 1. The van der Waals surface area contributed by atoms with Crippen LogP contribution in [0.1, 0.15) is 20.9 Å². The summed E-state index contributed by atoms with van der Waals surface area (Å²) in [4.78, 5) is 12.2. The molecule has 0 saturated heterocycles. The Morgan fingerprint density at radius 2 is 2.05 bits per heavy atom. The van der Waals surface area contributed by atoms with Crippen molar-refractivity contribution in [1.29, 1.82) is 0 Å². The van der Waals surface area contributed by atoms with Crippen LogP contribution in [0.2, 0.25) is 10.0 Å². The van der Waals surface area contributed by atoms with Crippen LogP contribution in [-0.2, 0) is 6.54 Å². The van der Waals surface area contributed by atoms with Crippen LogP contribution in [0.25, 0.3) is 10.2 Å². The molecule has 4 nitrogen and oxygen atoms in total. The molecular formula is C14H10Cl2N2O2S. The van der Waals surface area contributed by atoms with Gasteiger partial charge in [0.2, 0.25) is 0 Å². The number of hydrogen-bond acceptors (Lipinski definition) is 3. The number of carboxylic acids is 1. The van der Waals surface area contributed by atoms with Gasteiger partial charge in [-0.15, -0.1) is 11.3 Å². The van der Waals surface area contributed by atoms with Gasteiger partial charge in [-0.2, -0.15) is 5.10 Å². The maximum absolute atomic E-state index is 11.1. The van der Waals surface area contributed by atoms with E-state index in [4.69, 9.17) is 28.3 Å². The van der Waals surface area contributed by atoms with Gasteiger partial charge in [0.05, 0.1) is 12.2 Å².